The molecular formula is C14H22N2O. The van der Waals surface area contributed by atoms with Crippen molar-refractivity contribution in [2.24, 2.45) is 5.92 Å². The van der Waals surface area contributed by atoms with Crippen molar-refractivity contribution in [3.05, 3.63) is 29.8 Å². The molecule has 1 heterocycles. The summed E-state index contributed by atoms with van der Waals surface area (Å²) in [7, 11) is 1.74. The van der Waals surface area contributed by atoms with Gasteiger partial charge in [0, 0.05) is 24.9 Å². The van der Waals surface area contributed by atoms with Crippen molar-refractivity contribution in [3.63, 3.8) is 0 Å². The summed E-state index contributed by atoms with van der Waals surface area (Å²) < 4.78 is 5.21. The third-order valence-corrected chi connectivity index (χ3v) is 3.30. The summed E-state index contributed by atoms with van der Waals surface area (Å²) >= 11 is 0. The van der Waals surface area contributed by atoms with Crippen molar-refractivity contribution < 1.29 is 4.74 Å². The van der Waals surface area contributed by atoms with Gasteiger partial charge in [-0.05, 0) is 37.9 Å². The van der Waals surface area contributed by atoms with Crippen LogP contribution in [0.3, 0.4) is 0 Å². The molecule has 1 aromatic carbocycles. The molecule has 1 atom stereocenters. The molecule has 1 aliphatic heterocycles. The first-order valence-electron chi connectivity index (χ1n) is 6.41. The van der Waals surface area contributed by atoms with Crippen LogP contribution in [0, 0.1) is 5.92 Å². The van der Waals surface area contributed by atoms with E-state index in [1.807, 2.05) is 0 Å². The molecule has 3 nitrogen and oxygen atoms in total. The van der Waals surface area contributed by atoms with E-state index in [-0.39, 0.29) is 0 Å². The maximum absolute atomic E-state index is 5.21. The molecular weight excluding hydrogens is 212 g/mol. The van der Waals surface area contributed by atoms with Crippen LogP contribution >= 0.6 is 0 Å². The Morgan fingerprint density at radius 3 is 3.06 bits per heavy atom. The molecule has 1 fully saturated rings. The van der Waals surface area contributed by atoms with Gasteiger partial charge in [-0.25, -0.2) is 0 Å². The van der Waals surface area contributed by atoms with E-state index >= 15 is 0 Å². The van der Waals surface area contributed by atoms with Crippen LogP contribution in [0.4, 0.5) is 5.69 Å². The smallest absolute Gasteiger partial charge is 0.0733 e. The van der Waals surface area contributed by atoms with E-state index in [0.29, 0.717) is 6.61 Å². The van der Waals surface area contributed by atoms with Crippen molar-refractivity contribution in [3.8, 4) is 0 Å². The summed E-state index contributed by atoms with van der Waals surface area (Å²) in [5.41, 5.74) is 2.44. The van der Waals surface area contributed by atoms with Crippen LogP contribution < -0.4 is 10.6 Å². The Balaban J connectivity index is 1.88. The zero-order valence-electron chi connectivity index (χ0n) is 10.5. The standard InChI is InChI=1S/C14H22N2O/c1-17-11-13-6-2-3-7-14(13)16-10-12-5-4-8-15-9-12/h2-3,6-7,12,15-16H,4-5,8-11H2,1H3. The third-order valence-electron chi connectivity index (χ3n) is 3.30. The van der Waals surface area contributed by atoms with Gasteiger partial charge in [0.2, 0.25) is 0 Å². The summed E-state index contributed by atoms with van der Waals surface area (Å²) in [5.74, 6) is 0.749. The van der Waals surface area contributed by atoms with Crippen LogP contribution in [0.5, 0.6) is 0 Å². The number of hydrogen-bond acceptors (Lipinski definition) is 3. The van der Waals surface area contributed by atoms with Crippen molar-refractivity contribution >= 4 is 5.69 Å². The van der Waals surface area contributed by atoms with E-state index in [0.717, 1.165) is 19.0 Å². The molecule has 1 aliphatic rings. The highest BCUT2D eigenvalue weighted by Crippen LogP contribution is 2.17. The third kappa shape index (κ3) is 3.72. The zero-order valence-corrected chi connectivity index (χ0v) is 10.5. The van der Waals surface area contributed by atoms with Gasteiger partial charge >= 0.3 is 0 Å². The Labute approximate surface area is 104 Å². The second-order valence-electron chi connectivity index (χ2n) is 4.68. The van der Waals surface area contributed by atoms with E-state index in [1.165, 1.54) is 30.6 Å². The minimum atomic E-state index is 0.673. The largest absolute Gasteiger partial charge is 0.384 e. The van der Waals surface area contributed by atoms with Crippen molar-refractivity contribution in [1.82, 2.24) is 5.32 Å². The van der Waals surface area contributed by atoms with Gasteiger partial charge in [-0.1, -0.05) is 18.2 Å². The number of methoxy groups -OCH3 is 1. The van der Waals surface area contributed by atoms with E-state index in [2.05, 4.69) is 34.9 Å². The predicted molar refractivity (Wildman–Crippen MR) is 71.2 cm³/mol. The van der Waals surface area contributed by atoms with Gasteiger partial charge in [-0.3, -0.25) is 0 Å². The lowest BCUT2D eigenvalue weighted by molar-refractivity contribution is 0.185. The molecule has 0 aromatic heterocycles. The summed E-state index contributed by atoms with van der Waals surface area (Å²) in [6, 6.07) is 8.37. The Morgan fingerprint density at radius 2 is 2.29 bits per heavy atom. The summed E-state index contributed by atoms with van der Waals surface area (Å²) in [6.07, 6.45) is 2.62. The molecule has 0 aliphatic carbocycles. The molecule has 0 saturated carbocycles. The van der Waals surface area contributed by atoms with Gasteiger partial charge in [-0.2, -0.15) is 0 Å². The Kier molecular flexibility index (Phi) is 4.83. The first-order chi connectivity index (χ1) is 8.40. The van der Waals surface area contributed by atoms with Crippen molar-refractivity contribution in [2.45, 2.75) is 19.4 Å². The number of para-hydroxylation sites is 1. The number of benzene rings is 1. The molecule has 2 rings (SSSR count). The maximum atomic E-state index is 5.21. The van der Waals surface area contributed by atoms with E-state index in [9.17, 15) is 0 Å². The van der Waals surface area contributed by atoms with E-state index < -0.39 is 0 Å². The Hall–Kier alpha value is -1.06. The first kappa shape index (κ1) is 12.4. The quantitative estimate of drug-likeness (QED) is 0.820. The molecule has 0 bridgehead atoms. The van der Waals surface area contributed by atoms with E-state index in [4.69, 9.17) is 4.74 Å². The highest BCUT2D eigenvalue weighted by Gasteiger charge is 2.12. The fourth-order valence-electron chi connectivity index (χ4n) is 2.33. The van der Waals surface area contributed by atoms with Gasteiger partial charge in [-0.15, -0.1) is 0 Å². The average molecular weight is 234 g/mol. The van der Waals surface area contributed by atoms with Crippen LogP contribution in [0.15, 0.2) is 24.3 Å². The van der Waals surface area contributed by atoms with Crippen LogP contribution in [0.1, 0.15) is 18.4 Å². The second kappa shape index (κ2) is 6.62. The molecule has 1 unspecified atom stereocenters. The van der Waals surface area contributed by atoms with Gasteiger partial charge in [0.05, 0.1) is 6.61 Å². The zero-order chi connectivity index (χ0) is 11.9. The highest BCUT2D eigenvalue weighted by molar-refractivity contribution is 5.50. The molecule has 1 aromatic rings. The summed E-state index contributed by atoms with van der Waals surface area (Å²) in [4.78, 5) is 0. The average Bonchev–Trinajstić information content (AvgIpc) is 2.39. The normalized spacial score (nSPS) is 20.2. The van der Waals surface area contributed by atoms with Crippen LogP contribution in [0.25, 0.3) is 0 Å². The monoisotopic (exact) mass is 234 g/mol. The number of piperidine rings is 1. The fraction of sp³-hybridized carbons (Fsp3) is 0.571. The maximum Gasteiger partial charge on any atom is 0.0733 e. The van der Waals surface area contributed by atoms with Gasteiger partial charge in [0.15, 0.2) is 0 Å². The number of hydrogen-bond donors (Lipinski definition) is 2. The van der Waals surface area contributed by atoms with Crippen LogP contribution in [0.2, 0.25) is 0 Å². The summed E-state index contributed by atoms with van der Waals surface area (Å²) in [5, 5.41) is 6.99. The van der Waals surface area contributed by atoms with Crippen molar-refractivity contribution in [2.75, 3.05) is 32.1 Å². The molecule has 3 heteroatoms. The fourth-order valence-corrected chi connectivity index (χ4v) is 2.33. The van der Waals surface area contributed by atoms with Gasteiger partial charge in [0.25, 0.3) is 0 Å². The predicted octanol–water partition coefficient (Wildman–Crippen LogP) is 2.24. The summed E-state index contributed by atoms with van der Waals surface area (Å²) in [6.45, 7) is 4.04. The van der Waals surface area contributed by atoms with Crippen LogP contribution in [-0.2, 0) is 11.3 Å². The van der Waals surface area contributed by atoms with Gasteiger partial charge in [0.1, 0.15) is 0 Å². The Bertz CT molecular complexity index is 335. The minimum absolute atomic E-state index is 0.673. The topological polar surface area (TPSA) is 33.3 Å². The number of ether oxygens (including phenoxy) is 1. The molecule has 94 valence electrons. The number of anilines is 1. The molecule has 0 spiro atoms. The van der Waals surface area contributed by atoms with Crippen LogP contribution in [-0.4, -0.2) is 26.7 Å². The molecule has 17 heavy (non-hydrogen) atoms. The lowest BCUT2D eigenvalue weighted by Crippen LogP contribution is -2.33. The Morgan fingerprint density at radius 1 is 1.41 bits per heavy atom. The number of rotatable bonds is 5. The van der Waals surface area contributed by atoms with Crippen molar-refractivity contribution in [1.29, 1.82) is 0 Å². The first-order valence-corrected chi connectivity index (χ1v) is 6.41. The second-order valence-corrected chi connectivity index (χ2v) is 4.68. The van der Waals surface area contributed by atoms with Gasteiger partial charge < -0.3 is 15.4 Å². The molecule has 0 radical (unpaired) electrons. The highest BCUT2D eigenvalue weighted by atomic mass is 16.5. The minimum Gasteiger partial charge on any atom is -0.384 e. The molecule has 1 saturated heterocycles. The van der Waals surface area contributed by atoms with E-state index in [1.54, 1.807) is 7.11 Å². The molecule has 2 N–H and O–H groups in total. The SMILES string of the molecule is COCc1ccccc1NCC1CCCNC1. The lowest BCUT2D eigenvalue weighted by Gasteiger charge is -2.24. The molecule has 0 amide bonds. The number of nitrogens with one attached hydrogen (secondary N) is 2. The lowest BCUT2D eigenvalue weighted by atomic mass is 9.99.